The van der Waals surface area contributed by atoms with Crippen LogP contribution in [0.5, 0.6) is 5.75 Å². The van der Waals surface area contributed by atoms with Crippen molar-refractivity contribution in [1.29, 1.82) is 0 Å². The van der Waals surface area contributed by atoms with Crippen molar-refractivity contribution in [2.24, 2.45) is 0 Å². The lowest BCUT2D eigenvalue weighted by Crippen LogP contribution is -2.63. The summed E-state index contributed by atoms with van der Waals surface area (Å²) in [6, 6.07) is 5.62. The lowest BCUT2D eigenvalue weighted by molar-refractivity contribution is -0.128. The highest BCUT2D eigenvalue weighted by Crippen LogP contribution is 2.43. The first kappa shape index (κ1) is 29.0. The molecule has 0 spiro atoms. The molecule has 1 atom stereocenters. The number of pyridine rings is 3. The Bertz CT molecular complexity index is 1940. The highest BCUT2D eigenvalue weighted by molar-refractivity contribution is 6.12. The number of carbonyl (C=O) groups excluding carboxylic acids is 2. The summed E-state index contributed by atoms with van der Waals surface area (Å²) in [6.07, 6.45) is 2.80. The highest BCUT2D eigenvalue weighted by Gasteiger charge is 2.44. The molecule has 3 aromatic heterocycles. The molecule has 44 heavy (non-hydrogen) atoms. The van der Waals surface area contributed by atoms with Gasteiger partial charge in [-0.1, -0.05) is 26.5 Å². The van der Waals surface area contributed by atoms with Crippen LogP contribution in [0, 0.1) is 18.6 Å². The third-order valence-corrected chi connectivity index (χ3v) is 8.31. The molecule has 6 rings (SSSR count). The normalized spacial score (nSPS) is 16.4. The smallest absolute Gasteiger partial charge is 0.283 e. The number of hydrogen-bond acceptors (Lipinski definition) is 7. The van der Waals surface area contributed by atoms with Crippen LogP contribution in [0.25, 0.3) is 28.0 Å². The number of benzene rings is 1. The van der Waals surface area contributed by atoms with Gasteiger partial charge in [0.15, 0.2) is 11.5 Å². The molecule has 12 heteroatoms. The van der Waals surface area contributed by atoms with Crippen molar-refractivity contribution in [3.63, 3.8) is 0 Å². The van der Waals surface area contributed by atoms with Crippen LogP contribution in [0.15, 0.2) is 54.0 Å². The number of aryl methyl sites for hydroxylation is 1. The second-order valence-electron chi connectivity index (χ2n) is 11.3. The fraction of sp³-hybridized carbons (Fsp3) is 0.281. The molecule has 1 saturated heterocycles. The number of likely N-dealkylation sites (N-methyl/N-ethyl adjacent to an activating group) is 1. The molecule has 0 unspecified atom stereocenters. The van der Waals surface area contributed by atoms with Crippen LogP contribution in [-0.4, -0.2) is 69.1 Å². The number of piperazine rings is 1. The second kappa shape index (κ2) is 10.5. The number of nitrogens with zero attached hydrogens (tertiary/aromatic N) is 6. The maximum absolute atomic E-state index is 16.1. The number of anilines is 2. The number of carbonyl (C=O) groups is 2. The highest BCUT2D eigenvalue weighted by atomic mass is 19.1. The van der Waals surface area contributed by atoms with Crippen molar-refractivity contribution >= 4 is 34.2 Å². The number of halogens is 2. The van der Waals surface area contributed by atoms with E-state index < -0.39 is 46.1 Å². The standard InChI is InChI=1S/C32H30F2N6O4/c1-6-23(42)38-12-13-39-21(15-38)31(43)37(5)29-28(39)18-14-20(34)26(24-19(33)8-7-9-22(24)41)36-30(18)40(32(29)44)27-17(4)10-11-35-25(27)16(2)3/h6-11,14,16,21,41H,1,12-13,15H2,2-5H3/t21-/m1/s1. The maximum atomic E-state index is 16.1. The number of phenols is 1. The molecule has 0 saturated carbocycles. The Morgan fingerprint density at radius 3 is 2.55 bits per heavy atom. The van der Waals surface area contributed by atoms with Gasteiger partial charge in [-0.15, -0.1) is 0 Å². The third kappa shape index (κ3) is 4.23. The third-order valence-electron chi connectivity index (χ3n) is 8.31. The van der Waals surface area contributed by atoms with E-state index in [1.165, 1.54) is 39.6 Å². The molecule has 5 heterocycles. The quantitative estimate of drug-likeness (QED) is 0.352. The van der Waals surface area contributed by atoms with Crippen LogP contribution in [0.3, 0.4) is 0 Å². The first-order chi connectivity index (χ1) is 21.0. The van der Waals surface area contributed by atoms with Gasteiger partial charge in [0.2, 0.25) is 5.91 Å². The zero-order valence-corrected chi connectivity index (χ0v) is 24.6. The molecule has 0 bridgehead atoms. The Kier molecular flexibility index (Phi) is 6.94. The zero-order valence-electron chi connectivity index (χ0n) is 24.6. The van der Waals surface area contributed by atoms with Crippen molar-refractivity contribution in [2.75, 3.05) is 36.5 Å². The van der Waals surface area contributed by atoms with Crippen molar-refractivity contribution in [3.8, 4) is 22.7 Å². The summed E-state index contributed by atoms with van der Waals surface area (Å²) < 4.78 is 32.4. The van der Waals surface area contributed by atoms with Crippen LogP contribution in [0.4, 0.5) is 20.2 Å². The Hall–Kier alpha value is -5.13. The van der Waals surface area contributed by atoms with Crippen molar-refractivity contribution in [2.45, 2.75) is 32.7 Å². The van der Waals surface area contributed by atoms with E-state index in [2.05, 4.69) is 16.5 Å². The predicted octanol–water partition coefficient (Wildman–Crippen LogP) is 4.04. The molecule has 226 valence electrons. The molecule has 0 aliphatic carbocycles. The zero-order chi connectivity index (χ0) is 31.6. The second-order valence-corrected chi connectivity index (χ2v) is 11.3. The van der Waals surface area contributed by atoms with Gasteiger partial charge < -0.3 is 19.8 Å². The summed E-state index contributed by atoms with van der Waals surface area (Å²) in [4.78, 5) is 54.3. The van der Waals surface area contributed by atoms with Crippen molar-refractivity contribution in [1.82, 2.24) is 19.4 Å². The Morgan fingerprint density at radius 2 is 1.86 bits per heavy atom. The van der Waals surface area contributed by atoms with Crippen molar-refractivity contribution in [3.05, 3.63) is 82.4 Å². The van der Waals surface area contributed by atoms with Crippen LogP contribution >= 0.6 is 0 Å². The minimum atomic E-state index is -0.936. The molecule has 4 aromatic rings. The minimum Gasteiger partial charge on any atom is -0.507 e. The van der Waals surface area contributed by atoms with Gasteiger partial charge in [-0.3, -0.25) is 23.9 Å². The fourth-order valence-electron chi connectivity index (χ4n) is 6.19. The van der Waals surface area contributed by atoms with Gasteiger partial charge in [-0.05, 0) is 48.7 Å². The van der Waals surface area contributed by atoms with E-state index in [-0.39, 0.29) is 53.9 Å². The van der Waals surface area contributed by atoms with E-state index in [9.17, 15) is 19.5 Å². The van der Waals surface area contributed by atoms with E-state index >= 15 is 8.78 Å². The summed E-state index contributed by atoms with van der Waals surface area (Å²) in [5.74, 6) is -3.23. The fourth-order valence-corrected chi connectivity index (χ4v) is 6.19. The summed E-state index contributed by atoms with van der Waals surface area (Å²) in [5.41, 5.74) is 0.410. The first-order valence-corrected chi connectivity index (χ1v) is 14.1. The minimum absolute atomic E-state index is 0.00287. The molecule has 1 N–H and O–H groups in total. The van der Waals surface area contributed by atoms with Crippen LogP contribution in [-0.2, 0) is 9.59 Å². The summed E-state index contributed by atoms with van der Waals surface area (Å²) in [7, 11) is 1.47. The molecule has 1 aromatic carbocycles. The largest absolute Gasteiger partial charge is 0.507 e. The molecule has 1 fully saturated rings. The predicted molar refractivity (Wildman–Crippen MR) is 162 cm³/mol. The Balaban J connectivity index is 1.75. The number of aromatic hydroxyl groups is 1. The van der Waals surface area contributed by atoms with Crippen LogP contribution in [0.2, 0.25) is 0 Å². The molecular formula is C32H30F2N6O4. The van der Waals surface area contributed by atoms with E-state index in [1.807, 2.05) is 13.8 Å². The number of amides is 2. The Morgan fingerprint density at radius 1 is 1.11 bits per heavy atom. The number of hydrogen-bond donors (Lipinski definition) is 1. The van der Waals surface area contributed by atoms with Crippen LogP contribution in [0.1, 0.15) is 31.0 Å². The van der Waals surface area contributed by atoms with Crippen LogP contribution < -0.4 is 15.4 Å². The van der Waals surface area contributed by atoms with Gasteiger partial charge >= 0.3 is 0 Å². The molecule has 2 aliphatic rings. The van der Waals surface area contributed by atoms with Gasteiger partial charge in [-0.25, -0.2) is 13.8 Å². The summed E-state index contributed by atoms with van der Waals surface area (Å²) in [5, 5.41) is 10.7. The lowest BCUT2D eigenvalue weighted by atomic mass is 9.99. The monoisotopic (exact) mass is 600 g/mol. The molecule has 2 aliphatic heterocycles. The van der Waals surface area contributed by atoms with Gasteiger partial charge in [0.25, 0.3) is 11.5 Å². The maximum Gasteiger partial charge on any atom is 0.283 e. The van der Waals surface area contributed by atoms with E-state index in [0.717, 1.165) is 12.1 Å². The summed E-state index contributed by atoms with van der Waals surface area (Å²) in [6.45, 7) is 9.61. The van der Waals surface area contributed by atoms with Gasteiger partial charge in [-0.2, -0.15) is 0 Å². The Labute approximate surface area is 251 Å². The molecule has 10 nitrogen and oxygen atoms in total. The average Bonchev–Trinajstić information content (AvgIpc) is 2.99. The van der Waals surface area contributed by atoms with E-state index in [0.29, 0.717) is 16.9 Å². The molecule has 0 radical (unpaired) electrons. The topological polar surface area (TPSA) is 112 Å². The van der Waals surface area contributed by atoms with Gasteiger partial charge in [0, 0.05) is 31.7 Å². The number of fused-ring (bicyclic) bond motifs is 5. The number of phenolic OH excluding ortho intramolecular Hbond substituents is 1. The molecule has 2 amide bonds. The van der Waals surface area contributed by atoms with Crippen molar-refractivity contribution < 1.29 is 23.5 Å². The SMILES string of the molecule is C=CC(=O)N1CCN2c3c(c(=O)n(-c4c(C)ccnc4C(C)C)c4nc(-c5c(O)cccc5F)c(F)cc34)N(C)C(=O)[C@H]2C1. The first-order valence-electron chi connectivity index (χ1n) is 14.1. The van der Waals surface area contributed by atoms with E-state index in [1.54, 1.807) is 24.1 Å². The lowest BCUT2D eigenvalue weighted by Gasteiger charge is -2.47. The number of aromatic nitrogens is 3. The molecular weight excluding hydrogens is 570 g/mol. The number of rotatable bonds is 4. The van der Waals surface area contributed by atoms with Gasteiger partial charge in [0.05, 0.1) is 29.2 Å². The average molecular weight is 601 g/mol. The van der Waals surface area contributed by atoms with Gasteiger partial charge in [0.1, 0.15) is 29.0 Å². The van der Waals surface area contributed by atoms with E-state index in [4.69, 9.17) is 0 Å². The summed E-state index contributed by atoms with van der Waals surface area (Å²) >= 11 is 0.